The third kappa shape index (κ3) is 4.83. The third-order valence-corrected chi connectivity index (χ3v) is 7.60. The minimum Gasteiger partial charge on any atom is -0.307 e. The Morgan fingerprint density at radius 3 is 2.06 bits per heavy atom. The fourth-order valence-corrected chi connectivity index (χ4v) is 5.79. The van der Waals surface area contributed by atoms with Crippen molar-refractivity contribution in [3.8, 4) is 0 Å². The standard InChI is InChI=1S/C26H27N2O4P/c1-3-31-33(30,32-4-2)25(21-15-9-6-10-16-21)27-24-22-17-11-12-18-23(22)28(26(24)29)19-20-13-7-5-8-14-20/h5-18,25H,3-4,19H2,1-2H3. The highest BCUT2D eigenvalue weighted by Crippen LogP contribution is 2.62. The summed E-state index contributed by atoms with van der Waals surface area (Å²) in [5.41, 5.74) is 3.42. The van der Waals surface area contributed by atoms with E-state index in [0.29, 0.717) is 17.7 Å². The van der Waals surface area contributed by atoms with E-state index < -0.39 is 13.4 Å². The molecule has 1 aliphatic heterocycles. The summed E-state index contributed by atoms with van der Waals surface area (Å²) in [6, 6.07) is 26.6. The molecule has 0 radical (unpaired) electrons. The van der Waals surface area contributed by atoms with Crippen LogP contribution in [0.1, 0.15) is 36.3 Å². The maximum atomic E-state index is 13.8. The van der Waals surface area contributed by atoms with Crippen LogP contribution in [0.5, 0.6) is 0 Å². The predicted molar refractivity (Wildman–Crippen MR) is 131 cm³/mol. The molecule has 6 nitrogen and oxygen atoms in total. The lowest BCUT2D eigenvalue weighted by atomic mass is 10.1. The van der Waals surface area contributed by atoms with Crippen molar-refractivity contribution in [2.75, 3.05) is 18.1 Å². The number of anilines is 1. The van der Waals surface area contributed by atoms with Gasteiger partial charge in [0.25, 0.3) is 5.91 Å². The Labute approximate surface area is 194 Å². The lowest BCUT2D eigenvalue weighted by molar-refractivity contribution is -0.112. The molecule has 1 aliphatic rings. The van der Waals surface area contributed by atoms with Crippen LogP contribution < -0.4 is 4.90 Å². The first-order valence-corrected chi connectivity index (χ1v) is 12.6. The first-order valence-electron chi connectivity index (χ1n) is 11.0. The molecule has 0 saturated carbocycles. The average molecular weight is 462 g/mol. The second kappa shape index (κ2) is 10.3. The number of fused-ring (bicyclic) bond motifs is 1. The Kier molecular flexibility index (Phi) is 7.19. The predicted octanol–water partition coefficient (Wildman–Crippen LogP) is 5.99. The van der Waals surface area contributed by atoms with Crippen LogP contribution in [-0.4, -0.2) is 24.8 Å². The van der Waals surface area contributed by atoms with Crippen LogP contribution in [0.3, 0.4) is 0 Å². The molecule has 1 unspecified atom stereocenters. The molecule has 0 spiro atoms. The number of carbonyl (C=O) groups is 1. The molecule has 1 atom stereocenters. The van der Waals surface area contributed by atoms with E-state index in [1.54, 1.807) is 18.7 Å². The summed E-state index contributed by atoms with van der Waals surface area (Å²) in [4.78, 5) is 20.1. The summed E-state index contributed by atoms with van der Waals surface area (Å²) in [6.07, 6.45) is 0. The summed E-state index contributed by atoms with van der Waals surface area (Å²) in [5.74, 6) is -1.19. The fraction of sp³-hybridized carbons (Fsp3) is 0.231. The van der Waals surface area contributed by atoms with Crippen LogP contribution in [0.2, 0.25) is 0 Å². The second-order valence-electron chi connectivity index (χ2n) is 7.53. The Morgan fingerprint density at radius 1 is 0.848 bits per heavy atom. The van der Waals surface area contributed by atoms with Crippen LogP contribution in [0.25, 0.3) is 0 Å². The van der Waals surface area contributed by atoms with Gasteiger partial charge < -0.3 is 13.9 Å². The molecule has 0 bridgehead atoms. The highest BCUT2D eigenvalue weighted by molar-refractivity contribution is 7.54. The zero-order valence-corrected chi connectivity index (χ0v) is 19.7. The largest absolute Gasteiger partial charge is 0.359 e. The van der Waals surface area contributed by atoms with Crippen LogP contribution >= 0.6 is 7.60 Å². The highest BCUT2D eigenvalue weighted by atomic mass is 31.2. The van der Waals surface area contributed by atoms with Crippen molar-refractivity contribution in [1.82, 2.24) is 0 Å². The molecular formula is C26H27N2O4P. The van der Waals surface area contributed by atoms with E-state index in [-0.39, 0.29) is 24.8 Å². The van der Waals surface area contributed by atoms with E-state index in [1.165, 1.54) is 0 Å². The summed E-state index contributed by atoms with van der Waals surface area (Å²) >= 11 is 0. The van der Waals surface area contributed by atoms with Gasteiger partial charge in [0.05, 0.1) is 25.4 Å². The number of benzene rings is 3. The normalized spacial score (nSPS) is 15.6. The van der Waals surface area contributed by atoms with Crippen molar-refractivity contribution < 1.29 is 18.4 Å². The molecule has 0 N–H and O–H groups in total. The highest BCUT2D eigenvalue weighted by Gasteiger charge is 2.40. The van der Waals surface area contributed by atoms with Crippen molar-refractivity contribution in [3.63, 3.8) is 0 Å². The van der Waals surface area contributed by atoms with E-state index in [4.69, 9.17) is 14.0 Å². The molecule has 33 heavy (non-hydrogen) atoms. The van der Waals surface area contributed by atoms with Gasteiger partial charge in [-0.2, -0.15) is 0 Å². The van der Waals surface area contributed by atoms with Crippen molar-refractivity contribution in [1.29, 1.82) is 0 Å². The minimum absolute atomic E-state index is 0.204. The smallest absolute Gasteiger partial charge is 0.307 e. The lowest BCUT2D eigenvalue weighted by Crippen LogP contribution is -2.30. The van der Waals surface area contributed by atoms with Gasteiger partial charge in [0.15, 0.2) is 5.78 Å². The van der Waals surface area contributed by atoms with Crippen molar-refractivity contribution in [2.45, 2.75) is 26.2 Å². The van der Waals surface area contributed by atoms with Crippen molar-refractivity contribution >= 4 is 24.9 Å². The average Bonchev–Trinajstić information content (AvgIpc) is 3.09. The molecule has 0 aliphatic carbocycles. The number of para-hydroxylation sites is 1. The van der Waals surface area contributed by atoms with E-state index >= 15 is 0 Å². The summed E-state index contributed by atoms with van der Waals surface area (Å²) in [7, 11) is -3.69. The van der Waals surface area contributed by atoms with Crippen molar-refractivity contribution in [2.24, 2.45) is 4.99 Å². The van der Waals surface area contributed by atoms with Gasteiger partial charge in [-0.3, -0.25) is 14.4 Å². The molecule has 0 aromatic heterocycles. The number of hydrogen-bond donors (Lipinski definition) is 0. The Morgan fingerprint density at radius 2 is 1.42 bits per heavy atom. The van der Waals surface area contributed by atoms with E-state index in [2.05, 4.69) is 0 Å². The van der Waals surface area contributed by atoms with Gasteiger partial charge in [-0.1, -0.05) is 78.9 Å². The molecule has 0 saturated heterocycles. The Bertz CT molecular complexity index is 1170. The van der Waals surface area contributed by atoms with E-state index in [0.717, 1.165) is 11.3 Å². The molecule has 1 amide bonds. The zero-order valence-electron chi connectivity index (χ0n) is 18.8. The summed E-state index contributed by atoms with van der Waals surface area (Å²) < 4.78 is 25.1. The maximum absolute atomic E-state index is 13.8. The monoisotopic (exact) mass is 462 g/mol. The van der Waals surface area contributed by atoms with Crippen LogP contribution in [0.15, 0.2) is 89.9 Å². The van der Waals surface area contributed by atoms with Crippen LogP contribution in [-0.2, 0) is 25.0 Å². The first kappa shape index (κ1) is 23.1. The topological polar surface area (TPSA) is 68.2 Å². The van der Waals surface area contributed by atoms with Crippen LogP contribution in [0.4, 0.5) is 5.69 Å². The molecule has 4 rings (SSSR count). The van der Waals surface area contributed by atoms with Gasteiger partial charge in [0.1, 0.15) is 5.71 Å². The Balaban J connectivity index is 1.81. The van der Waals surface area contributed by atoms with Gasteiger partial charge >= 0.3 is 7.60 Å². The lowest BCUT2D eigenvalue weighted by Gasteiger charge is -2.24. The minimum atomic E-state index is -3.69. The number of aliphatic imine (C=N–C) groups is 1. The van der Waals surface area contributed by atoms with Gasteiger partial charge in [0.2, 0.25) is 0 Å². The molecule has 3 aromatic carbocycles. The second-order valence-corrected chi connectivity index (χ2v) is 9.62. The Hall–Kier alpha value is -3.05. The van der Waals surface area contributed by atoms with Crippen LogP contribution in [0, 0.1) is 0 Å². The zero-order chi connectivity index (χ0) is 23.3. The van der Waals surface area contributed by atoms with E-state index in [1.807, 2.05) is 84.9 Å². The number of carbonyl (C=O) groups excluding carboxylic acids is 1. The van der Waals surface area contributed by atoms with Gasteiger partial charge in [-0.15, -0.1) is 0 Å². The first-order chi connectivity index (χ1) is 16.1. The quantitative estimate of drug-likeness (QED) is 0.367. The molecule has 0 fully saturated rings. The van der Waals surface area contributed by atoms with Gasteiger partial charge in [-0.25, -0.2) is 0 Å². The molecule has 3 aromatic rings. The van der Waals surface area contributed by atoms with Gasteiger partial charge in [-0.05, 0) is 31.0 Å². The fourth-order valence-electron chi connectivity index (χ4n) is 3.92. The number of amides is 1. The maximum Gasteiger partial charge on any atom is 0.359 e. The number of nitrogens with zero attached hydrogens (tertiary/aromatic N) is 2. The molecule has 1 heterocycles. The molecule has 7 heteroatoms. The number of hydrogen-bond acceptors (Lipinski definition) is 5. The van der Waals surface area contributed by atoms with Gasteiger partial charge in [0, 0.05) is 5.56 Å². The van der Waals surface area contributed by atoms with Crippen molar-refractivity contribution in [3.05, 3.63) is 102 Å². The molecule has 170 valence electrons. The summed E-state index contributed by atoms with van der Waals surface area (Å²) in [5, 5.41) is 0. The number of rotatable bonds is 9. The molecular weight excluding hydrogens is 435 g/mol. The summed E-state index contributed by atoms with van der Waals surface area (Å²) in [6.45, 7) is 4.35. The third-order valence-electron chi connectivity index (χ3n) is 5.35. The SMILES string of the molecule is CCOP(=O)(OCC)C(N=C1C(=O)N(Cc2ccccc2)c2ccccc21)c1ccccc1. The van der Waals surface area contributed by atoms with E-state index in [9.17, 15) is 9.36 Å².